The summed E-state index contributed by atoms with van der Waals surface area (Å²) in [4.78, 5) is 0. The van der Waals surface area contributed by atoms with Crippen LogP contribution in [-0.4, -0.2) is 5.11 Å². The Morgan fingerprint density at radius 1 is 0.857 bits per heavy atom. The molecule has 0 aliphatic heterocycles. The van der Waals surface area contributed by atoms with E-state index in [9.17, 15) is 5.11 Å². The molecule has 1 unspecified atom stereocenters. The highest BCUT2D eigenvalue weighted by molar-refractivity contribution is 5.35. The first kappa shape index (κ1) is 15.8. The first-order valence-corrected chi connectivity index (χ1v) is 7.79. The van der Waals surface area contributed by atoms with E-state index < -0.39 is 6.10 Å². The highest BCUT2D eigenvalue weighted by Gasteiger charge is 2.15. The molecule has 0 saturated heterocycles. The Bertz CT molecular complexity index is 558. The van der Waals surface area contributed by atoms with Crippen molar-refractivity contribution < 1.29 is 5.11 Å². The van der Waals surface area contributed by atoms with Crippen LogP contribution in [0.25, 0.3) is 0 Å². The number of rotatable bonds is 4. The summed E-state index contributed by atoms with van der Waals surface area (Å²) in [6.45, 7) is 8.78. The van der Waals surface area contributed by atoms with E-state index in [4.69, 9.17) is 0 Å². The normalized spacial score (nSPS) is 13.2. The van der Waals surface area contributed by atoms with E-state index in [1.165, 1.54) is 11.1 Å². The first-order chi connectivity index (χ1) is 9.91. The minimum absolute atomic E-state index is 0.144. The first-order valence-electron chi connectivity index (χ1n) is 7.79. The molecule has 1 atom stereocenters. The Balaban J connectivity index is 2.17. The van der Waals surface area contributed by atoms with Gasteiger partial charge >= 0.3 is 0 Å². The summed E-state index contributed by atoms with van der Waals surface area (Å²) in [5.74, 6) is 0. The summed E-state index contributed by atoms with van der Waals surface area (Å²) in [5, 5.41) is 10.5. The van der Waals surface area contributed by atoms with E-state index >= 15 is 0 Å². The molecule has 1 heteroatoms. The van der Waals surface area contributed by atoms with Crippen molar-refractivity contribution in [2.75, 3.05) is 0 Å². The number of aliphatic hydroxyl groups is 1. The van der Waals surface area contributed by atoms with Gasteiger partial charge in [0.25, 0.3) is 0 Å². The molecular weight excluding hydrogens is 256 g/mol. The van der Waals surface area contributed by atoms with Crippen LogP contribution >= 0.6 is 0 Å². The molecule has 2 rings (SSSR count). The Labute approximate surface area is 128 Å². The lowest BCUT2D eigenvalue weighted by atomic mass is 9.86. The van der Waals surface area contributed by atoms with Crippen LogP contribution in [0.5, 0.6) is 0 Å². The van der Waals surface area contributed by atoms with Crippen molar-refractivity contribution in [1.82, 2.24) is 0 Å². The second kappa shape index (κ2) is 6.44. The van der Waals surface area contributed by atoms with Crippen molar-refractivity contribution in [3.05, 3.63) is 70.8 Å². The lowest BCUT2D eigenvalue weighted by Crippen LogP contribution is -2.11. The van der Waals surface area contributed by atoms with Crippen molar-refractivity contribution >= 4 is 0 Å². The Morgan fingerprint density at radius 2 is 1.33 bits per heavy atom. The van der Waals surface area contributed by atoms with Gasteiger partial charge in [-0.05, 0) is 34.1 Å². The molecule has 0 radical (unpaired) electrons. The fourth-order valence-corrected chi connectivity index (χ4v) is 2.51. The van der Waals surface area contributed by atoms with Crippen molar-refractivity contribution in [1.29, 1.82) is 0 Å². The zero-order valence-corrected chi connectivity index (χ0v) is 13.6. The molecule has 0 aromatic heterocycles. The van der Waals surface area contributed by atoms with Gasteiger partial charge in [-0.1, -0.05) is 82.6 Å². The zero-order chi connectivity index (χ0) is 15.5. The van der Waals surface area contributed by atoms with E-state index in [1.807, 2.05) is 24.3 Å². The predicted molar refractivity (Wildman–Crippen MR) is 89.6 cm³/mol. The van der Waals surface area contributed by atoms with Crippen molar-refractivity contribution in [2.24, 2.45) is 0 Å². The number of hydrogen-bond acceptors (Lipinski definition) is 1. The SMILES string of the molecule is CCCc1ccc(C(O)c2ccc(C(C)(C)C)cc2)cc1. The number of benzene rings is 2. The van der Waals surface area contributed by atoms with Crippen LogP contribution in [0.15, 0.2) is 48.5 Å². The maximum absolute atomic E-state index is 10.5. The second-order valence-corrected chi connectivity index (χ2v) is 6.77. The van der Waals surface area contributed by atoms with E-state index in [-0.39, 0.29) is 5.41 Å². The van der Waals surface area contributed by atoms with Crippen molar-refractivity contribution in [3.63, 3.8) is 0 Å². The Hall–Kier alpha value is -1.60. The molecular formula is C20H26O. The van der Waals surface area contributed by atoms with Crippen LogP contribution in [0.3, 0.4) is 0 Å². The summed E-state index contributed by atoms with van der Waals surface area (Å²) in [6, 6.07) is 16.6. The highest BCUT2D eigenvalue weighted by atomic mass is 16.3. The van der Waals surface area contributed by atoms with Crippen LogP contribution in [0.2, 0.25) is 0 Å². The molecule has 0 amide bonds. The van der Waals surface area contributed by atoms with Gasteiger partial charge in [0, 0.05) is 0 Å². The highest BCUT2D eigenvalue weighted by Crippen LogP contribution is 2.26. The van der Waals surface area contributed by atoms with Gasteiger partial charge in [-0.25, -0.2) is 0 Å². The minimum atomic E-state index is -0.547. The van der Waals surface area contributed by atoms with Crippen LogP contribution < -0.4 is 0 Å². The molecule has 0 spiro atoms. The predicted octanol–water partition coefficient (Wildman–Crippen LogP) is 5.02. The van der Waals surface area contributed by atoms with Gasteiger partial charge in [0.1, 0.15) is 6.10 Å². The quantitative estimate of drug-likeness (QED) is 0.835. The Morgan fingerprint density at radius 3 is 1.76 bits per heavy atom. The van der Waals surface area contributed by atoms with Gasteiger partial charge in [-0.15, -0.1) is 0 Å². The molecule has 0 saturated carbocycles. The number of aryl methyl sites for hydroxylation is 1. The summed E-state index contributed by atoms with van der Waals surface area (Å²) >= 11 is 0. The largest absolute Gasteiger partial charge is 0.384 e. The van der Waals surface area contributed by atoms with E-state index in [2.05, 4.69) is 52.0 Å². The van der Waals surface area contributed by atoms with Gasteiger partial charge in [0.2, 0.25) is 0 Å². The zero-order valence-electron chi connectivity index (χ0n) is 13.6. The molecule has 21 heavy (non-hydrogen) atoms. The fourth-order valence-electron chi connectivity index (χ4n) is 2.51. The maximum atomic E-state index is 10.5. The standard InChI is InChI=1S/C20H26O/c1-5-6-15-7-9-16(10-8-15)19(21)17-11-13-18(14-12-17)20(2,3)4/h7-14,19,21H,5-6H2,1-4H3. The lowest BCUT2D eigenvalue weighted by molar-refractivity contribution is 0.220. The molecule has 0 aliphatic rings. The van der Waals surface area contributed by atoms with Crippen molar-refractivity contribution in [2.45, 2.75) is 52.1 Å². The van der Waals surface area contributed by atoms with Crippen molar-refractivity contribution in [3.8, 4) is 0 Å². The van der Waals surface area contributed by atoms with Gasteiger partial charge < -0.3 is 5.11 Å². The number of hydrogen-bond donors (Lipinski definition) is 1. The third kappa shape index (κ3) is 3.95. The fraction of sp³-hybridized carbons (Fsp3) is 0.400. The van der Waals surface area contributed by atoms with E-state index in [0.29, 0.717) is 0 Å². The summed E-state index contributed by atoms with van der Waals surface area (Å²) in [7, 11) is 0. The number of aliphatic hydroxyl groups excluding tert-OH is 1. The second-order valence-electron chi connectivity index (χ2n) is 6.77. The van der Waals surface area contributed by atoms with Crippen LogP contribution in [-0.2, 0) is 11.8 Å². The average molecular weight is 282 g/mol. The molecule has 0 aliphatic carbocycles. The molecule has 0 fully saturated rings. The van der Waals surface area contributed by atoms with Crippen LogP contribution in [0.1, 0.15) is 62.5 Å². The molecule has 0 bridgehead atoms. The Kier molecular flexibility index (Phi) is 4.84. The smallest absolute Gasteiger partial charge is 0.104 e. The monoisotopic (exact) mass is 282 g/mol. The summed E-state index contributed by atoms with van der Waals surface area (Å²) < 4.78 is 0. The van der Waals surface area contributed by atoms with Gasteiger partial charge in [-0.3, -0.25) is 0 Å². The average Bonchev–Trinajstić information content (AvgIpc) is 2.47. The van der Waals surface area contributed by atoms with E-state index in [0.717, 1.165) is 24.0 Å². The summed E-state index contributed by atoms with van der Waals surface area (Å²) in [5.41, 5.74) is 4.67. The minimum Gasteiger partial charge on any atom is -0.384 e. The third-order valence-corrected chi connectivity index (χ3v) is 3.93. The van der Waals surface area contributed by atoms with E-state index in [1.54, 1.807) is 0 Å². The van der Waals surface area contributed by atoms with Gasteiger partial charge in [0.05, 0.1) is 0 Å². The molecule has 112 valence electrons. The third-order valence-electron chi connectivity index (χ3n) is 3.93. The summed E-state index contributed by atoms with van der Waals surface area (Å²) in [6.07, 6.45) is 1.70. The molecule has 2 aromatic rings. The maximum Gasteiger partial charge on any atom is 0.104 e. The van der Waals surface area contributed by atoms with Crippen LogP contribution in [0.4, 0.5) is 0 Å². The topological polar surface area (TPSA) is 20.2 Å². The van der Waals surface area contributed by atoms with Gasteiger partial charge in [0.15, 0.2) is 0 Å². The van der Waals surface area contributed by atoms with Gasteiger partial charge in [-0.2, -0.15) is 0 Å². The lowest BCUT2D eigenvalue weighted by Gasteiger charge is -2.20. The molecule has 1 nitrogen and oxygen atoms in total. The van der Waals surface area contributed by atoms with Crippen LogP contribution in [0, 0.1) is 0 Å². The molecule has 2 aromatic carbocycles. The molecule has 0 heterocycles. The molecule has 1 N–H and O–H groups in total.